The van der Waals surface area contributed by atoms with Gasteiger partial charge in [-0.15, -0.1) is 0 Å². The standard InChI is InChI=1S/C10H10N4OS/c1-7-12-13-10(16)14(7)11-6-8-4-2-3-5-9(8)15/h2-6,15H,1H3,(H,13,16)/b11-6+. The number of benzene rings is 1. The summed E-state index contributed by atoms with van der Waals surface area (Å²) in [6, 6.07) is 6.94. The maximum atomic E-state index is 9.53. The van der Waals surface area contributed by atoms with Crippen LogP contribution in [-0.4, -0.2) is 26.2 Å². The highest BCUT2D eigenvalue weighted by Gasteiger charge is 1.98. The summed E-state index contributed by atoms with van der Waals surface area (Å²) in [7, 11) is 0. The molecular formula is C10H10N4OS. The molecule has 2 rings (SSSR count). The van der Waals surface area contributed by atoms with Gasteiger partial charge in [0.2, 0.25) is 4.77 Å². The number of nitrogens with one attached hydrogen (secondary N) is 1. The van der Waals surface area contributed by atoms with Crippen LogP contribution in [0.5, 0.6) is 5.75 Å². The molecular weight excluding hydrogens is 224 g/mol. The lowest BCUT2D eigenvalue weighted by Gasteiger charge is -1.97. The quantitative estimate of drug-likeness (QED) is 0.615. The first-order valence-corrected chi connectivity index (χ1v) is 5.05. The van der Waals surface area contributed by atoms with E-state index in [0.717, 1.165) is 0 Å². The highest BCUT2D eigenvalue weighted by Crippen LogP contribution is 2.12. The zero-order chi connectivity index (χ0) is 11.5. The van der Waals surface area contributed by atoms with Crippen LogP contribution in [0.3, 0.4) is 0 Å². The fourth-order valence-corrected chi connectivity index (χ4v) is 1.45. The third-order valence-corrected chi connectivity index (χ3v) is 2.33. The van der Waals surface area contributed by atoms with Crippen LogP contribution in [0.25, 0.3) is 0 Å². The number of phenols is 1. The van der Waals surface area contributed by atoms with Crippen molar-refractivity contribution in [2.45, 2.75) is 6.92 Å². The Kier molecular flexibility index (Phi) is 2.82. The first-order chi connectivity index (χ1) is 7.68. The molecule has 0 saturated heterocycles. The molecule has 1 aromatic heterocycles. The number of hydrogen-bond acceptors (Lipinski definition) is 4. The molecule has 16 heavy (non-hydrogen) atoms. The lowest BCUT2D eigenvalue weighted by molar-refractivity contribution is 0.474. The van der Waals surface area contributed by atoms with Crippen molar-refractivity contribution in [3.8, 4) is 5.75 Å². The van der Waals surface area contributed by atoms with Gasteiger partial charge in [-0.1, -0.05) is 12.1 Å². The Morgan fingerprint density at radius 1 is 1.50 bits per heavy atom. The van der Waals surface area contributed by atoms with Gasteiger partial charge >= 0.3 is 0 Å². The maximum Gasteiger partial charge on any atom is 0.216 e. The molecule has 1 heterocycles. The molecule has 82 valence electrons. The van der Waals surface area contributed by atoms with E-state index in [-0.39, 0.29) is 5.75 Å². The molecule has 0 radical (unpaired) electrons. The van der Waals surface area contributed by atoms with Gasteiger partial charge in [0.15, 0.2) is 0 Å². The van der Waals surface area contributed by atoms with Crippen LogP contribution >= 0.6 is 12.2 Å². The fraction of sp³-hybridized carbons (Fsp3) is 0.100. The van der Waals surface area contributed by atoms with Gasteiger partial charge in [0.25, 0.3) is 0 Å². The van der Waals surface area contributed by atoms with E-state index in [2.05, 4.69) is 15.3 Å². The summed E-state index contributed by atoms with van der Waals surface area (Å²) in [6.07, 6.45) is 1.54. The van der Waals surface area contributed by atoms with Crippen molar-refractivity contribution in [3.63, 3.8) is 0 Å². The summed E-state index contributed by atoms with van der Waals surface area (Å²) < 4.78 is 1.91. The zero-order valence-electron chi connectivity index (χ0n) is 8.58. The van der Waals surface area contributed by atoms with Gasteiger partial charge in [-0.3, -0.25) is 5.10 Å². The molecule has 0 aliphatic rings. The minimum atomic E-state index is 0.180. The average Bonchev–Trinajstić information content (AvgIpc) is 2.58. The first kappa shape index (κ1) is 10.6. The van der Waals surface area contributed by atoms with Gasteiger partial charge in [-0.25, -0.2) is 0 Å². The molecule has 0 atom stereocenters. The lowest BCUT2D eigenvalue weighted by Crippen LogP contribution is -1.93. The number of phenolic OH excluding ortho intramolecular Hbond substituents is 1. The van der Waals surface area contributed by atoms with Crippen molar-refractivity contribution in [2.24, 2.45) is 5.10 Å². The van der Waals surface area contributed by atoms with Crippen LogP contribution in [0.1, 0.15) is 11.4 Å². The highest BCUT2D eigenvalue weighted by atomic mass is 32.1. The Hall–Kier alpha value is -1.95. The van der Waals surface area contributed by atoms with Crippen LogP contribution in [-0.2, 0) is 0 Å². The van der Waals surface area contributed by atoms with Crippen LogP contribution in [0, 0.1) is 11.7 Å². The molecule has 1 aromatic carbocycles. The number of aromatic hydroxyl groups is 1. The highest BCUT2D eigenvalue weighted by molar-refractivity contribution is 7.71. The monoisotopic (exact) mass is 234 g/mol. The number of aryl methyl sites for hydroxylation is 1. The van der Waals surface area contributed by atoms with Crippen molar-refractivity contribution >= 4 is 18.4 Å². The van der Waals surface area contributed by atoms with E-state index >= 15 is 0 Å². The molecule has 5 nitrogen and oxygen atoms in total. The Labute approximate surface area is 97.1 Å². The SMILES string of the molecule is Cc1n[nH]c(=S)n1/N=C/c1ccccc1O. The van der Waals surface area contributed by atoms with E-state index < -0.39 is 0 Å². The predicted molar refractivity (Wildman–Crippen MR) is 63.2 cm³/mol. The third-order valence-electron chi connectivity index (χ3n) is 2.06. The smallest absolute Gasteiger partial charge is 0.216 e. The molecule has 2 aromatic rings. The van der Waals surface area contributed by atoms with Crippen LogP contribution in [0.2, 0.25) is 0 Å². The van der Waals surface area contributed by atoms with Crippen LogP contribution < -0.4 is 0 Å². The largest absolute Gasteiger partial charge is 0.507 e. The van der Waals surface area contributed by atoms with Crippen molar-refractivity contribution < 1.29 is 5.11 Å². The van der Waals surface area contributed by atoms with Gasteiger partial charge in [0.05, 0.1) is 6.21 Å². The van der Waals surface area contributed by atoms with E-state index in [1.807, 2.05) is 6.07 Å². The van der Waals surface area contributed by atoms with Gasteiger partial charge in [-0.05, 0) is 31.3 Å². The first-order valence-electron chi connectivity index (χ1n) is 4.65. The van der Waals surface area contributed by atoms with E-state index in [0.29, 0.717) is 16.2 Å². The number of nitrogens with zero attached hydrogens (tertiary/aromatic N) is 3. The summed E-state index contributed by atoms with van der Waals surface area (Å²) in [5.41, 5.74) is 0.630. The number of para-hydroxylation sites is 1. The van der Waals surface area contributed by atoms with E-state index in [1.54, 1.807) is 25.1 Å². The summed E-state index contributed by atoms with van der Waals surface area (Å²) >= 11 is 4.99. The predicted octanol–water partition coefficient (Wildman–Crippen LogP) is 1.84. The van der Waals surface area contributed by atoms with Crippen molar-refractivity contribution in [2.75, 3.05) is 0 Å². The molecule has 0 fully saturated rings. The second-order valence-electron chi connectivity index (χ2n) is 3.19. The van der Waals surface area contributed by atoms with Crippen molar-refractivity contribution in [1.29, 1.82) is 0 Å². The average molecular weight is 234 g/mol. The molecule has 0 unspecified atom stereocenters. The number of rotatable bonds is 2. The normalized spacial score (nSPS) is 11.1. The minimum absolute atomic E-state index is 0.180. The number of aromatic amines is 1. The van der Waals surface area contributed by atoms with Crippen LogP contribution in [0.4, 0.5) is 0 Å². The summed E-state index contributed by atoms with van der Waals surface area (Å²) in [5.74, 6) is 0.843. The minimum Gasteiger partial charge on any atom is -0.507 e. The summed E-state index contributed by atoms with van der Waals surface area (Å²) in [6.45, 7) is 1.79. The number of aromatic nitrogens is 3. The van der Waals surface area contributed by atoms with Gasteiger partial charge in [0.1, 0.15) is 11.6 Å². The molecule has 0 bridgehead atoms. The Bertz CT molecular complexity index is 585. The Morgan fingerprint density at radius 3 is 2.88 bits per heavy atom. The molecule has 0 spiro atoms. The van der Waals surface area contributed by atoms with Gasteiger partial charge < -0.3 is 5.11 Å². The zero-order valence-corrected chi connectivity index (χ0v) is 9.40. The molecule has 0 aliphatic carbocycles. The Balaban J connectivity index is 2.36. The molecule has 2 N–H and O–H groups in total. The molecule has 6 heteroatoms. The maximum absolute atomic E-state index is 9.53. The van der Waals surface area contributed by atoms with Crippen LogP contribution in [0.15, 0.2) is 29.4 Å². The van der Waals surface area contributed by atoms with E-state index in [4.69, 9.17) is 12.2 Å². The third kappa shape index (κ3) is 2.01. The van der Waals surface area contributed by atoms with E-state index in [1.165, 1.54) is 10.9 Å². The second-order valence-corrected chi connectivity index (χ2v) is 3.58. The summed E-state index contributed by atoms with van der Waals surface area (Å²) in [4.78, 5) is 0. The number of hydrogen-bond donors (Lipinski definition) is 2. The fourth-order valence-electron chi connectivity index (χ4n) is 1.22. The second kappa shape index (κ2) is 4.28. The molecule has 0 saturated carbocycles. The van der Waals surface area contributed by atoms with Gasteiger partial charge in [0, 0.05) is 5.56 Å². The summed E-state index contributed by atoms with van der Waals surface area (Å²) in [5, 5.41) is 20.2. The van der Waals surface area contributed by atoms with Gasteiger partial charge in [-0.2, -0.15) is 14.9 Å². The lowest BCUT2D eigenvalue weighted by atomic mass is 10.2. The molecule has 0 aliphatic heterocycles. The Morgan fingerprint density at radius 2 is 2.25 bits per heavy atom. The molecule has 0 amide bonds. The van der Waals surface area contributed by atoms with E-state index in [9.17, 15) is 5.11 Å². The topological polar surface area (TPSA) is 66.2 Å². The number of H-pyrrole nitrogens is 1. The van der Waals surface area contributed by atoms with Crippen molar-refractivity contribution in [1.82, 2.24) is 14.9 Å². The van der Waals surface area contributed by atoms with Crippen molar-refractivity contribution in [3.05, 3.63) is 40.4 Å².